The van der Waals surface area contributed by atoms with Crippen LogP contribution in [0, 0.1) is 0 Å². The number of hydrogen-bond acceptors (Lipinski definition) is 5. The van der Waals surface area contributed by atoms with Crippen molar-refractivity contribution >= 4 is 11.8 Å². The third-order valence-electron chi connectivity index (χ3n) is 2.37. The zero-order chi connectivity index (χ0) is 9.80. The zero-order valence-corrected chi connectivity index (χ0v) is 8.91. The van der Waals surface area contributed by atoms with Crippen molar-refractivity contribution < 1.29 is 0 Å². The molecule has 1 aliphatic rings. The van der Waals surface area contributed by atoms with Gasteiger partial charge in [0.2, 0.25) is 0 Å². The van der Waals surface area contributed by atoms with Gasteiger partial charge >= 0.3 is 0 Å². The summed E-state index contributed by atoms with van der Waals surface area (Å²) in [5, 5.41) is 12.2. The van der Waals surface area contributed by atoms with E-state index >= 15 is 0 Å². The minimum Gasteiger partial charge on any atom is -0.329 e. The van der Waals surface area contributed by atoms with Crippen LogP contribution in [0.3, 0.4) is 0 Å². The van der Waals surface area contributed by atoms with Gasteiger partial charge in [0.15, 0.2) is 5.82 Å². The Bertz CT molecular complexity index is 281. The van der Waals surface area contributed by atoms with Gasteiger partial charge in [-0.2, -0.15) is 11.8 Å². The van der Waals surface area contributed by atoms with Gasteiger partial charge in [-0.3, -0.25) is 0 Å². The van der Waals surface area contributed by atoms with Crippen molar-refractivity contribution in [2.24, 2.45) is 5.73 Å². The van der Waals surface area contributed by atoms with Crippen LogP contribution >= 0.6 is 11.8 Å². The quantitative estimate of drug-likeness (QED) is 0.795. The van der Waals surface area contributed by atoms with E-state index in [0.29, 0.717) is 11.8 Å². The first-order valence-electron chi connectivity index (χ1n) is 4.99. The molecule has 2 heterocycles. The molecular weight excluding hydrogens is 198 g/mol. The van der Waals surface area contributed by atoms with Crippen molar-refractivity contribution in [2.45, 2.75) is 31.1 Å². The van der Waals surface area contributed by atoms with E-state index in [-0.39, 0.29) is 0 Å². The maximum atomic E-state index is 5.49. The highest BCUT2D eigenvalue weighted by Crippen LogP contribution is 2.36. The smallest absolute Gasteiger partial charge is 0.164 e. The number of tetrazole rings is 1. The molecule has 2 rings (SSSR count). The highest BCUT2D eigenvalue weighted by molar-refractivity contribution is 7.99. The monoisotopic (exact) mass is 213 g/mol. The topological polar surface area (TPSA) is 69.6 Å². The van der Waals surface area contributed by atoms with Crippen molar-refractivity contribution in [2.75, 3.05) is 12.3 Å². The van der Waals surface area contributed by atoms with Crippen molar-refractivity contribution in [3.05, 3.63) is 5.82 Å². The average Bonchev–Trinajstić information content (AvgIpc) is 2.68. The van der Waals surface area contributed by atoms with Gasteiger partial charge in [0.1, 0.15) is 0 Å². The second kappa shape index (κ2) is 4.75. The van der Waals surface area contributed by atoms with Crippen LogP contribution < -0.4 is 5.73 Å². The molecule has 1 aromatic rings. The van der Waals surface area contributed by atoms with Crippen LogP contribution in [0.2, 0.25) is 0 Å². The van der Waals surface area contributed by atoms with Crippen LogP contribution in [-0.4, -0.2) is 32.5 Å². The predicted octanol–water partition coefficient (Wildman–Crippen LogP) is 0.590. The normalized spacial score (nSPS) is 22.5. The Kier molecular flexibility index (Phi) is 3.36. The summed E-state index contributed by atoms with van der Waals surface area (Å²) in [6.45, 7) is 1.31. The van der Waals surface area contributed by atoms with E-state index < -0.39 is 0 Å². The summed E-state index contributed by atoms with van der Waals surface area (Å²) in [5.74, 6) is 2.22. The van der Waals surface area contributed by atoms with Crippen LogP contribution in [0.25, 0.3) is 0 Å². The van der Waals surface area contributed by atoms with Crippen LogP contribution in [0.15, 0.2) is 0 Å². The molecule has 0 bridgehead atoms. The molecule has 6 heteroatoms. The fourth-order valence-corrected chi connectivity index (χ4v) is 2.97. The predicted molar refractivity (Wildman–Crippen MR) is 55.9 cm³/mol. The number of hydrogen-bond donors (Lipinski definition) is 1. The standard InChI is InChI=1S/C8H15N5S/c9-4-5-13-8(10-11-12-13)7-3-1-2-6-14-7/h7H,1-6,9H2. The average molecular weight is 213 g/mol. The minimum absolute atomic E-state index is 0.477. The van der Waals surface area contributed by atoms with E-state index in [0.717, 1.165) is 12.4 Å². The van der Waals surface area contributed by atoms with Crippen LogP contribution in [0.4, 0.5) is 0 Å². The third-order valence-corrected chi connectivity index (χ3v) is 3.74. The molecule has 2 N–H and O–H groups in total. The van der Waals surface area contributed by atoms with E-state index in [9.17, 15) is 0 Å². The molecule has 5 nitrogen and oxygen atoms in total. The molecule has 1 fully saturated rings. The number of nitrogens with two attached hydrogens (primary N) is 1. The Morgan fingerprint density at radius 3 is 3.14 bits per heavy atom. The van der Waals surface area contributed by atoms with E-state index in [1.165, 1.54) is 25.0 Å². The lowest BCUT2D eigenvalue weighted by atomic mass is 10.2. The number of nitrogens with zero attached hydrogens (tertiary/aromatic N) is 4. The molecule has 0 aliphatic carbocycles. The fraction of sp³-hybridized carbons (Fsp3) is 0.875. The van der Waals surface area contributed by atoms with Gasteiger partial charge in [0.05, 0.1) is 11.8 Å². The van der Waals surface area contributed by atoms with Gasteiger partial charge in [-0.05, 0) is 29.0 Å². The van der Waals surface area contributed by atoms with Gasteiger partial charge in [-0.15, -0.1) is 5.10 Å². The summed E-state index contributed by atoms with van der Waals surface area (Å²) in [4.78, 5) is 0. The second-order valence-corrected chi connectivity index (χ2v) is 4.71. The van der Waals surface area contributed by atoms with Gasteiger partial charge < -0.3 is 5.73 Å². The molecule has 0 radical (unpaired) electrons. The van der Waals surface area contributed by atoms with Crippen molar-refractivity contribution in [1.82, 2.24) is 20.2 Å². The first-order valence-corrected chi connectivity index (χ1v) is 6.04. The summed E-state index contributed by atoms with van der Waals surface area (Å²) in [7, 11) is 0. The molecule has 1 atom stereocenters. The molecule has 78 valence electrons. The van der Waals surface area contributed by atoms with E-state index in [1.54, 1.807) is 0 Å². The van der Waals surface area contributed by atoms with Crippen LogP contribution in [-0.2, 0) is 6.54 Å². The Hall–Kier alpha value is -0.620. The summed E-state index contributed by atoms with van der Waals surface area (Å²) in [6.07, 6.45) is 3.79. The third kappa shape index (κ3) is 2.06. The summed E-state index contributed by atoms with van der Waals surface area (Å²) in [6, 6.07) is 0. The van der Waals surface area contributed by atoms with E-state index in [1.807, 2.05) is 16.4 Å². The SMILES string of the molecule is NCCn1nnnc1C1CCCCS1. The Morgan fingerprint density at radius 1 is 1.50 bits per heavy atom. The van der Waals surface area contributed by atoms with Gasteiger partial charge in [0.25, 0.3) is 0 Å². The Balaban J connectivity index is 2.09. The fourth-order valence-electron chi connectivity index (χ4n) is 1.67. The minimum atomic E-state index is 0.477. The molecule has 0 spiro atoms. The molecule has 0 aromatic carbocycles. The van der Waals surface area contributed by atoms with Crippen LogP contribution in [0.5, 0.6) is 0 Å². The van der Waals surface area contributed by atoms with Crippen molar-refractivity contribution in [3.63, 3.8) is 0 Å². The summed E-state index contributed by atoms with van der Waals surface area (Å²) in [5.41, 5.74) is 5.49. The lowest BCUT2D eigenvalue weighted by Crippen LogP contribution is -2.16. The number of thioether (sulfide) groups is 1. The van der Waals surface area contributed by atoms with E-state index in [4.69, 9.17) is 5.73 Å². The second-order valence-electron chi connectivity index (χ2n) is 3.40. The molecule has 0 amide bonds. The summed E-state index contributed by atoms with van der Waals surface area (Å²) < 4.78 is 1.84. The summed E-state index contributed by atoms with van der Waals surface area (Å²) >= 11 is 1.96. The largest absolute Gasteiger partial charge is 0.329 e. The molecule has 14 heavy (non-hydrogen) atoms. The lowest BCUT2D eigenvalue weighted by molar-refractivity contribution is 0.552. The Morgan fingerprint density at radius 2 is 2.43 bits per heavy atom. The molecule has 0 saturated carbocycles. The zero-order valence-electron chi connectivity index (χ0n) is 8.09. The van der Waals surface area contributed by atoms with Gasteiger partial charge in [-0.25, -0.2) is 4.68 Å². The van der Waals surface area contributed by atoms with Gasteiger partial charge in [0, 0.05) is 6.54 Å². The number of rotatable bonds is 3. The maximum absolute atomic E-state index is 5.49. The molecule has 1 saturated heterocycles. The maximum Gasteiger partial charge on any atom is 0.164 e. The first-order chi connectivity index (χ1) is 6.92. The first kappa shape index (κ1) is 9.92. The highest BCUT2D eigenvalue weighted by Gasteiger charge is 2.21. The molecular formula is C8H15N5S. The van der Waals surface area contributed by atoms with Crippen molar-refractivity contribution in [3.8, 4) is 0 Å². The number of aromatic nitrogens is 4. The van der Waals surface area contributed by atoms with Crippen LogP contribution in [0.1, 0.15) is 30.3 Å². The lowest BCUT2D eigenvalue weighted by Gasteiger charge is -2.19. The molecule has 1 aromatic heterocycles. The molecule has 1 aliphatic heterocycles. The highest BCUT2D eigenvalue weighted by atomic mass is 32.2. The van der Waals surface area contributed by atoms with E-state index in [2.05, 4.69) is 15.5 Å². The van der Waals surface area contributed by atoms with Gasteiger partial charge in [-0.1, -0.05) is 6.42 Å². The Labute approximate surface area is 87.4 Å². The molecule has 1 unspecified atom stereocenters. The van der Waals surface area contributed by atoms with Crippen molar-refractivity contribution in [1.29, 1.82) is 0 Å².